The minimum Gasteiger partial charge on any atom is -0.497 e. The second-order valence-electron chi connectivity index (χ2n) is 8.04. The number of halogens is 1. The summed E-state index contributed by atoms with van der Waals surface area (Å²) in [5.41, 5.74) is 5.35. The fourth-order valence-electron chi connectivity index (χ4n) is 3.64. The molecule has 2 aromatic carbocycles. The number of nitrogens with zero attached hydrogens (tertiary/aromatic N) is 1. The van der Waals surface area contributed by atoms with E-state index in [1.54, 1.807) is 25.3 Å². The van der Waals surface area contributed by atoms with Crippen LogP contribution in [0.2, 0.25) is 0 Å². The van der Waals surface area contributed by atoms with Gasteiger partial charge in [0.05, 0.1) is 38.6 Å². The van der Waals surface area contributed by atoms with Crippen molar-refractivity contribution in [2.45, 2.75) is 25.2 Å². The van der Waals surface area contributed by atoms with Gasteiger partial charge in [0.15, 0.2) is 23.5 Å². The average molecular weight is 500 g/mol. The predicted octanol–water partition coefficient (Wildman–Crippen LogP) is 1.04. The van der Waals surface area contributed by atoms with E-state index in [9.17, 15) is 18.8 Å². The van der Waals surface area contributed by atoms with Gasteiger partial charge in [-0.05, 0) is 29.8 Å². The standard InChI is InChI=1S/C24H25FN4O7/c1-33-14-4-2-3-13(9-14)10-27-24(32)22-28-17-6-5-16(25)20(19(17)23(31)29-22)34-8-7-15-11-36-18(12-35-15)21(26)30/h2-6,9,15,18H,7-8,10-12H2,1H3,(H2,26,30)(H,27,32)(H,28,29,31). The zero-order valence-electron chi connectivity index (χ0n) is 19.4. The van der Waals surface area contributed by atoms with Crippen molar-refractivity contribution in [2.24, 2.45) is 5.73 Å². The Balaban J connectivity index is 1.43. The van der Waals surface area contributed by atoms with Crippen molar-refractivity contribution in [3.63, 3.8) is 0 Å². The minimum atomic E-state index is -0.802. The zero-order chi connectivity index (χ0) is 25.7. The molecule has 12 heteroatoms. The fourth-order valence-corrected chi connectivity index (χ4v) is 3.64. The lowest BCUT2D eigenvalue weighted by molar-refractivity contribution is -0.159. The first-order valence-corrected chi connectivity index (χ1v) is 11.1. The molecule has 1 aliphatic heterocycles. The number of nitrogens with one attached hydrogen (secondary N) is 2. The van der Waals surface area contributed by atoms with Crippen LogP contribution in [0, 0.1) is 5.82 Å². The lowest BCUT2D eigenvalue weighted by Gasteiger charge is -2.27. The Labute approximate surface area is 204 Å². The molecule has 1 fully saturated rings. The Kier molecular flexibility index (Phi) is 7.76. The molecule has 1 aliphatic rings. The molecule has 1 saturated heterocycles. The van der Waals surface area contributed by atoms with Crippen molar-refractivity contribution < 1.29 is 32.9 Å². The van der Waals surface area contributed by atoms with Gasteiger partial charge in [-0.2, -0.15) is 0 Å². The van der Waals surface area contributed by atoms with Crippen molar-refractivity contribution in [3.8, 4) is 11.5 Å². The second kappa shape index (κ2) is 11.1. The van der Waals surface area contributed by atoms with Crippen LogP contribution in [0.25, 0.3) is 10.9 Å². The van der Waals surface area contributed by atoms with E-state index in [0.717, 1.165) is 11.6 Å². The molecule has 11 nitrogen and oxygen atoms in total. The first-order chi connectivity index (χ1) is 17.4. The molecule has 4 rings (SSSR count). The van der Waals surface area contributed by atoms with Gasteiger partial charge in [0, 0.05) is 13.0 Å². The van der Waals surface area contributed by atoms with Crippen molar-refractivity contribution >= 4 is 22.7 Å². The van der Waals surface area contributed by atoms with Gasteiger partial charge in [0.2, 0.25) is 5.91 Å². The molecule has 2 heterocycles. The Morgan fingerprint density at radius 3 is 2.81 bits per heavy atom. The van der Waals surface area contributed by atoms with Crippen molar-refractivity contribution in [3.05, 3.63) is 64.0 Å². The number of amides is 2. The summed E-state index contributed by atoms with van der Waals surface area (Å²) in [5, 5.41) is 2.56. The molecule has 0 spiro atoms. The maximum atomic E-state index is 14.5. The third kappa shape index (κ3) is 5.78. The number of carbonyl (C=O) groups excluding carboxylic acids is 2. The van der Waals surface area contributed by atoms with Crippen LogP contribution < -0.4 is 26.1 Å². The molecule has 0 radical (unpaired) electrons. The summed E-state index contributed by atoms with van der Waals surface area (Å²) in [4.78, 5) is 43.1. The summed E-state index contributed by atoms with van der Waals surface area (Å²) in [6.07, 6.45) is -0.864. The highest BCUT2D eigenvalue weighted by molar-refractivity contribution is 5.93. The Morgan fingerprint density at radius 2 is 2.08 bits per heavy atom. The number of primary amides is 1. The van der Waals surface area contributed by atoms with E-state index in [2.05, 4.69) is 15.3 Å². The van der Waals surface area contributed by atoms with Gasteiger partial charge in [-0.15, -0.1) is 0 Å². The molecule has 1 aromatic heterocycles. The van der Waals surface area contributed by atoms with Gasteiger partial charge < -0.3 is 35.0 Å². The van der Waals surface area contributed by atoms with Gasteiger partial charge in [0.1, 0.15) is 11.1 Å². The van der Waals surface area contributed by atoms with Gasteiger partial charge in [0.25, 0.3) is 11.5 Å². The first-order valence-electron chi connectivity index (χ1n) is 11.1. The highest BCUT2D eigenvalue weighted by Gasteiger charge is 2.26. The summed E-state index contributed by atoms with van der Waals surface area (Å²) in [6.45, 7) is 0.344. The lowest BCUT2D eigenvalue weighted by Crippen LogP contribution is -2.43. The number of nitrogens with two attached hydrogens (primary N) is 1. The molecule has 36 heavy (non-hydrogen) atoms. The number of benzene rings is 2. The maximum absolute atomic E-state index is 14.5. The third-order valence-corrected chi connectivity index (χ3v) is 5.55. The number of aromatic amines is 1. The molecule has 0 bridgehead atoms. The van der Waals surface area contributed by atoms with Crippen molar-refractivity contribution in [1.29, 1.82) is 0 Å². The van der Waals surface area contributed by atoms with Gasteiger partial charge in [-0.1, -0.05) is 12.1 Å². The number of methoxy groups -OCH3 is 1. The molecular formula is C24H25FN4O7. The molecule has 0 saturated carbocycles. The minimum absolute atomic E-state index is 0.00745. The van der Waals surface area contributed by atoms with Gasteiger partial charge >= 0.3 is 0 Å². The van der Waals surface area contributed by atoms with Crippen LogP contribution in [0.3, 0.4) is 0 Å². The Morgan fingerprint density at radius 1 is 1.25 bits per heavy atom. The zero-order valence-corrected chi connectivity index (χ0v) is 19.4. The van der Waals surface area contributed by atoms with E-state index >= 15 is 0 Å². The average Bonchev–Trinajstić information content (AvgIpc) is 2.88. The quantitative estimate of drug-likeness (QED) is 0.394. The Hall–Kier alpha value is -4.03. The highest BCUT2D eigenvalue weighted by Crippen LogP contribution is 2.26. The fraction of sp³-hybridized carbons (Fsp3) is 0.333. The topological polar surface area (TPSA) is 155 Å². The summed E-state index contributed by atoms with van der Waals surface area (Å²) < 4.78 is 36.1. The van der Waals surface area contributed by atoms with Crippen LogP contribution in [-0.4, -0.2) is 60.9 Å². The largest absolute Gasteiger partial charge is 0.497 e. The van der Waals surface area contributed by atoms with E-state index in [-0.39, 0.29) is 54.9 Å². The lowest BCUT2D eigenvalue weighted by atomic mass is 10.2. The monoisotopic (exact) mass is 500 g/mol. The van der Waals surface area contributed by atoms with E-state index < -0.39 is 29.3 Å². The third-order valence-electron chi connectivity index (χ3n) is 5.55. The number of H-pyrrole nitrogens is 1. The van der Waals surface area contributed by atoms with Crippen LogP contribution in [0.1, 0.15) is 22.6 Å². The van der Waals surface area contributed by atoms with Crippen molar-refractivity contribution in [1.82, 2.24) is 15.3 Å². The normalized spacial score (nSPS) is 17.5. The molecule has 190 valence electrons. The number of aromatic nitrogens is 2. The summed E-state index contributed by atoms with van der Waals surface area (Å²) in [6, 6.07) is 9.56. The molecule has 2 atom stereocenters. The van der Waals surface area contributed by atoms with Crippen LogP contribution in [0.5, 0.6) is 11.5 Å². The summed E-state index contributed by atoms with van der Waals surface area (Å²) in [7, 11) is 1.54. The van der Waals surface area contributed by atoms with Crippen molar-refractivity contribution in [2.75, 3.05) is 26.9 Å². The van der Waals surface area contributed by atoms with Crippen LogP contribution in [0.15, 0.2) is 41.2 Å². The van der Waals surface area contributed by atoms with Gasteiger partial charge in [-0.25, -0.2) is 9.37 Å². The maximum Gasteiger partial charge on any atom is 0.287 e. The van der Waals surface area contributed by atoms with E-state index in [4.69, 9.17) is 24.7 Å². The summed E-state index contributed by atoms with van der Waals surface area (Å²) in [5.74, 6) is -1.82. The molecular weight excluding hydrogens is 475 g/mol. The smallest absolute Gasteiger partial charge is 0.287 e. The molecule has 3 aromatic rings. The summed E-state index contributed by atoms with van der Waals surface area (Å²) >= 11 is 0. The molecule has 2 unspecified atom stereocenters. The van der Waals surface area contributed by atoms with E-state index in [1.807, 2.05) is 6.07 Å². The number of carbonyl (C=O) groups is 2. The number of rotatable bonds is 9. The van der Waals surface area contributed by atoms with Crippen LogP contribution >= 0.6 is 0 Å². The predicted molar refractivity (Wildman–Crippen MR) is 125 cm³/mol. The second-order valence-corrected chi connectivity index (χ2v) is 8.04. The number of fused-ring (bicyclic) bond motifs is 1. The van der Waals surface area contributed by atoms with Crippen LogP contribution in [-0.2, 0) is 20.8 Å². The SMILES string of the molecule is COc1cccc(CNC(=O)c2nc3ccc(F)c(OCCC4COC(C(N)=O)CO4)c3c(=O)[nH]2)c1. The number of hydrogen-bond acceptors (Lipinski definition) is 8. The van der Waals surface area contributed by atoms with Crippen LogP contribution in [0.4, 0.5) is 4.39 Å². The highest BCUT2D eigenvalue weighted by atomic mass is 19.1. The molecule has 2 amide bonds. The Bertz CT molecular complexity index is 1320. The number of hydrogen-bond donors (Lipinski definition) is 3. The van der Waals surface area contributed by atoms with E-state index in [1.165, 1.54) is 6.07 Å². The van der Waals surface area contributed by atoms with E-state index in [0.29, 0.717) is 12.2 Å². The number of ether oxygens (including phenoxy) is 4. The first kappa shape index (κ1) is 25.1. The molecule has 4 N–H and O–H groups in total. The van der Waals surface area contributed by atoms with Gasteiger partial charge in [-0.3, -0.25) is 14.4 Å². The molecule has 0 aliphatic carbocycles.